The molecule has 3 rings (SSSR count). The first kappa shape index (κ1) is 19.5. The smallest absolute Gasteiger partial charge is 0.352 e. The van der Waals surface area contributed by atoms with Gasteiger partial charge in [0.1, 0.15) is 29.4 Å². The third-order valence-electron chi connectivity index (χ3n) is 3.66. The average Bonchev–Trinajstić information content (AvgIpc) is 3.08. The van der Waals surface area contributed by atoms with Crippen LogP contribution in [0.4, 0.5) is 5.13 Å². The van der Waals surface area contributed by atoms with Gasteiger partial charge in [0.05, 0.1) is 5.88 Å². The molecule has 1 saturated heterocycles. The maximum absolute atomic E-state index is 12.6. The molecule has 1 aromatic heterocycles. The molecule has 0 spiro atoms. The molecule has 0 radical (unpaired) electrons. The molecule has 4 N–H and O–H groups in total. The number of thiazole rings is 1. The van der Waals surface area contributed by atoms with E-state index in [0.29, 0.717) is 5.75 Å². The van der Waals surface area contributed by atoms with Gasteiger partial charge < -0.3 is 21.0 Å². The van der Waals surface area contributed by atoms with Crippen LogP contribution < -0.4 is 11.1 Å². The van der Waals surface area contributed by atoms with E-state index in [0.717, 1.165) is 16.2 Å². The number of fused-ring (bicyclic) bond motifs is 1. The Morgan fingerprint density at radius 2 is 2.33 bits per heavy atom. The van der Waals surface area contributed by atoms with Crippen LogP contribution >= 0.6 is 34.7 Å². The summed E-state index contributed by atoms with van der Waals surface area (Å²) >= 11 is 8.00. The summed E-state index contributed by atoms with van der Waals surface area (Å²) < 4.78 is 0. The number of thioether (sulfide) groups is 1. The van der Waals surface area contributed by atoms with Crippen molar-refractivity contribution in [3.63, 3.8) is 0 Å². The lowest BCUT2D eigenvalue weighted by atomic mass is 10.0. The zero-order chi connectivity index (χ0) is 19.6. The first-order valence-electron chi connectivity index (χ1n) is 7.60. The van der Waals surface area contributed by atoms with Crippen LogP contribution in [0.1, 0.15) is 5.69 Å². The van der Waals surface area contributed by atoms with Crippen LogP contribution in [0, 0.1) is 0 Å². The van der Waals surface area contributed by atoms with Crippen molar-refractivity contribution in [3.05, 3.63) is 22.8 Å². The number of rotatable bonds is 7. The lowest BCUT2D eigenvalue weighted by Crippen LogP contribution is -2.70. The number of nitrogen functional groups attached to an aromatic ring is 1. The number of nitrogens with one attached hydrogen (secondary N) is 1. The number of carboxylic acids is 1. The number of hydrogen-bond donors (Lipinski definition) is 3. The van der Waals surface area contributed by atoms with Gasteiger partial charge in [-0.05, 0) is 6.08 Å². The number of oxime groups is 1. The fourth-order valence-corrected chi connectivity index (χ4v) is 4.30. The van der Waals surface area contributed by atoms with Crippen LogP contribution in [0.5, 0.6) is 0 Å². The number of aliphatic carboxylic acids is 1. The molecule has 0 saturated carbocycles. The van der Waals surface area contributed by atoms with E-state index in [9.17, 15) is 19.5 Å². The molecule has 0 aromatic carbocycles. The summed E-state index contributed by atoms with van der Waals surface area (Å²) in [7, 11) is 0. The molecular weight excluding hydrogens is 418 g/mol. The van der Waals surface area contributed by atoms with E-state index in [4.69, 9.17) is 22.2 Å². The zero-order valence-electron chi connectivity index (χ0n) is 13.6. The number of halogens is 1. The van der Waals surface area contributed by atoms with Crippen molar-refractivity contribution in [1.29, 1.82) is 0 Å². The molecule has 2 aliphatic heterocycles. The number of amides is 2. The molecule has 2 amide bonds. The van der Waals surface area contributed by atoms with Crippen molar-refractivity contribution in [3.8, 4) is 0 Å². The number of β-lactam (4-membered cyclic amide) rings is 1. The van der Waals surface area contributed by atoms with Gasteiger partial charge in [-0.2, -0.15) is 0 Å². The highest BCUT2D eigenvalue weighted by molar-refractivity contribution is 8.00. The standard InChI is InChI=1S/C14H14ClN5O5S2/c15-2-3-25-19-8(6-5-27-14(16)17-6)10(21)18-9-11(22)20-7(13(23)24)1-4-26-12(9)20/h1,5,9,12H,2-4H2,(H2,16,17)(H,18,21)(H,23,24)/b19-8-/t9?,12-/m1/s1. The van der Waals surface area contributed by atoms with Gasteiger partial charge in [-0.1, -0.05) is 5.16 Å². The SMILES string of the molecule is Nc1nc(/C(=N/OCCCl)C(=O)NC2C(=O)N3C(C(=O)O)=CCS[C@H]23)cs1. The average molecular weight is 432 g/mol. The van der Waals surface area contributed by atoms with Gasteiger partial charge in [-0.3, -0.25) is 14.5 Å². The zero-order valence-corrected chi connectivity index (χ0v) is 16.0. The molecule has 2 atom stereocenters. The van der Waals surface area contributed by atoms with Crippen LogP contribution in [0.25, 0.3) is 0 Å². The van der Waals surface area contributed by atoms with E-state index in [1.165, 1.54) is 23.2 Å². The van der Waals surface area contributed by atoms with Crippen LogP contribution in [-0.2, 0) is 19.2 Å². The third-order valence-corrected chi connectivity index (χ3v) is 5.67. The number of alkyl halides is 1. The summed E-state index contributed by atoms with van der Waals surface area (Å²) in [6, 6.07) is -0.875. The maximum atomic E-state index is 12.6. The van der Waals surface area contributed by atoms with Crippen LogP contribution in [0.2, 0.25) is 0 Å². The summed E-state index contributed by atoms with van der Waals surface area (Å²) in [4.78, 5) is 46.4. The van der Waals surface area contributed by atoms with E-state index in [1.807, 2.05) is 0 Å². The van der Waals surface area contributed by atoms with Crippen molar-refractivity contribution in [2.45, 2.75) is 11.4 Å². The number of nitrogens with two attached hydrogens (primary N) is 1. The Hall–Kier alpha value is -2.31. The second kappa shape index (κ2) is 8.15. The quantitative estimate of drug-likeness (QED) is 0.180. The molecule has 1 aromatic rings. The Labute approximate surface area is 166 Å². The minimum Gasteiger partial charge on any atom is -0.477 e. The van der Waals surface area contributed by atoms with Crippen molar-refractivity contribution in [1.82, 2.24) is 15.2 Å². The summed E-state index contributed by atoms with van der Waals surface area (Å²) in [6.07, 6.45) is 1.46. The molecule has 144 valence electrons. The third kappa shape index (κ3) is 3.87. The van der Waals surface area contributed by atoms with Gasteiger partial charge >= 0.3 is 5.97 Å². The van der Waals surface area contributed by atoms with Gasteiger partial charge in [0, 0.05) is 11.1 Å². The molecule has 3 heterocycles. The monoisotopic (exact) mass is 431 g/mol. The number of carbonyl (C=O) groups is 3. The van der Waals surface area contributed by atoms with E-state index < -0.39 is 29.2 Å². The number of carbonyl (C=O) groups excluding carboxylic acids is 2. The lowest BCUT2D eigenvalue weighted by Gasteiger charge is -2.48. The Kier molecular flexibility index (Phi) is 5.87. The highest BCUT2D eigenvalue weighted by Gasteiger charge is 2.53. The summed E-state index contributed by atoms with van der Waals surface area (Å²) in [5, 5.41) is 16.8. The molecular formula is C14H14ClN5O5S2. The van der Waals surface area contributed by atoms with Gasteiger partial charge in [-0.15, -0.1) is 34.7 Å². The van der Waals surface area contributed by atoms with Crippen LogP contribution in [0.15, 0.2) is 22.3 Å². The molecule has 10 nitrogen and oxygen atoms in total. The van der Waals surface area contributed by atoms with Crippen molar-refractivity contribution in [2.75, 3.05) is 24.0 Å². The van der Waals surface area contributed by atoms with Gasteiger partial charge in [0.15, 0.2) is 10.8 Å². The molecule has 13 heteroatoms. The molecule has 27 heavy (non-hydrogen) atoms. The number of aromatic nitrogens is 1. The summed E-state index contributed by atoms with van der Waals surface area (Å²) in [6.45, 7) is 0.0827. The number of hydrogen-bond acceptors (Lipinski definition) is 9. The molecule has 1 fully saturated rings. The minimum absolute atomic E-state index is 0.0825. The highest BCUT2D eigenvalue weighted by atomic mass is 35.5. The maximum Gasteiger partial charge on any atom is 0.352 e. The first-order chi connectivity index (χ1) is 12.9. The highest BCUT2D eigenvalue weighted by Crippen LogP contribution is 2.37. The van der Waals surface area contributed by atoms with Gasteiger partial charge in [0.2, 0.25) is 0 Å². The minimum atomic E-state index is -1.19. The predicted molar refractivity (Wildman–Crippen MR) is 100 cm³/mol. The number of anilines is 1. The van der Waals surface area contributed by atoms with Gasteiger partial charge in [-0.25, -0.2) is 9.78 Å². The van der Waals surface area contributed by atoms with Crippen molar-refractivity contribution in [2.24, 2.45) is 5.16 Å². The largest absolute Gasteiger partial charge is 0.477 e. The van der Waals surface area contributed by atoms with Crippen LogP contribution in [-0.4, -0.2) is 68.1 Å². The Balaban J connectivity index is 1.75. The summed E-state index contributed by atoms with van der Waals surface area (Å²) in [5.74, 6) is -1.78. The Bertz CT molecular complexity index is 842. The Morgan fingerprint density at radius 1 is 1.56 bits per heavy atom. The van der Waals surface area contributed by atoms with E-state index in [1.54, 1.807) is 0 Å². The molecule has 0 bridgehead atoms. The lowest BCUT2D eigenvalue weighted by molar-refractivity contribution is -0.150. The van der Waals surface area contributed by atoms with E-state index >= 15 is 0 Å². The van der Waals surface area contributed by atoms with E-state index in [-0.39, 0.29) is 34.7 Å². The second-order valence-corrected chi connectivity index (χ2v) is 7.73. The molecule has 1 unspecified atom stereocenters. The van der Waals surface area contributed by atoms with Crippen molar-refractivity contribution < 1.29 is 24.3 Å². The first-order valence-corrected chi connectivity index (χ1v) is 10.1. The summed E-state index contributed by atoms with van der Waals surface area (Å²) in [5.41, 5.74) is 5.57. The van der Waals surface area contributed by atoms with Gasteiger partial charge in [0.25, 0.3) is 11.8 Å². The normalized spacial score (nSPS) is 21.8. The topological polar surface area (TPSA) is 147 Å². The fourth-order valence-electron chi connectivity index (χ4n) is 2.49. The number of carboxylic acid groups (broad SMARTS) is 1. The van der Waals surface area contributed by atoms with E-state index in [2.05, 4.69) is 15.5 Å². The fraction of sp³-hybridized carbons (Fsp3) is 0.357. The second-order valence-electron chi connectivity index (χ2n) is 5.31. The molecule has 0 aliphatic carbocycles. The van der Waals surface area contributed by atoms with Crippen molar-refractivity contribution >= 4 is 63.3 Å². The predicted octanol–water partition coefficient (Wildman–Crippen LogP) is 0.0532. The van der Waals surface area contributed by atoms with Crippen LogP contribution in [0.3, 0.4) is 0 Å². The Morgan fingerprint density at radius 3 is 2.96 bits per heavy atom. The molecule has 2 aliphatic rings. The number of nitrogens with zero attached hydrogens (tertiary/aromatic N) is 3.